The van der Waals surface area contributed by atoms with Gasteiger partial charge in [-0.2, -0.15) is 0 Å². The van der Waals surface area contributed by atoms with E-state index < -0.39 is 6.10 Å². The fourth-order valence-corrected chi connectivity index (χ4v) is 3.16. The fourth-order valence-electron chi connectivity index (χ4n) is 3.16. The zero-order valence-electron chi connectivity index (χ0n) is 11.7. The number of hydrogen-bond acceptors (Lipinski definition) is 2. The van der Waals surface area contributed by atoms with Crippen molar-refractivity contribution in [2.24, 2.45) is 0 Å². The van der Waals surface area contributed by atoms with Gasteiger partial charge in [-0.05, 0) is 37.8 Å². The first kappa shape index (κ1) is 13.6. The lowest BCUT2D eigenvalue weighted by molar-refractivity contribution is -0.125. The highest BCUT2D eigenvalue weighted by atomic mass is 16.5. The van der Waals surface area contributed by atoms with Gasteiger partial charge in [-0.3, -0.25) is 0 Å². The molecule has 18 heavy (non-hydrogen) atoms. The van der Waals surface area contributed by atoms with Gasteiger partial charge in [-0.1, -0.05) is 43.0 Å². The lowest BCUT2D eigenvalue weighted by atomic mass is 9.77. The Morgan fingerprint density at radius 2 is 1.83 bits per heavy atom. The molecule has 1 aliphatic carbocycles. The largest absolute Gasteiger partial charge is 0.385 e. The van der Waals surface area contributed by atoms with Gasteiger partial charge in [0.25, 0.3) is 0 Å². The molecule has 0 bridgehead atoms. The molecule has 0 amide bonds. The second-order valence-corrected chi connectivity index (χ2v) is 5.59. The molecule has 1 aromatic rings. The van der Waals surface area contributed by atoms with Crippen molar-refractivity contribution in [3.8, 4) is 0 Å². The van der Waals surface area contributed by atoms with Crippen molar-refractivity contribution in [2.75, 3.05) is 7.11 Å². The van der Waals surface area contributed by atoms with Crippen molar-refractivity contribution in [3.63, 3.8) is 0 Å². The van der Waals surface area contributed by atoms with Gasteiger partial charge < -0.3 is 9.84 Å². The summed E-state index contributed by atoms with van der Waals surface area (Å²) in [5.41, 5.74) is 3.03. The molecule has 1 unspecified atom stereocenters. The molecular weight excluding hydrogens is 224 g/mol. The third kappa shape index (κ3) is 2.45. The first-order chi connectivity index (χ1) is 8.59. The Balaban J connectivity index is 2.30. The molecule has 2 rings (SSSR count). The molecule has 0 heterocycles. The molecule has 100 valence electrons. The minimum Gasteiger partial charge on any atom is -0.385 e. The van der Waals surface area contributed by atoms with E-state index in [4.69, 9.17) is 4.74 Å². The molecule has 1 saturated carbocycles. The first-order valence-electron chi connectivity index (χ1n) is 6.89. The Labute approximate surface area is 110 Å². The Bertz CT molecular complexity index is 406. The van der Waals surface area contributed by atoms with Crippen molar-refractivity contribution in [1.29, 1.82) is 0 Å². The highest BCUT2D eigenvalue weighted by Crippen LogP contribution is 2.41. The molecular formula is C16H24O2. The summed E-state index contributed by atoms with van der Waals surface area (Å²) < 4.78 is 5.73. The van der Waals surface area contributed by atoms with Crippen LogP contribution in [0.5, 0.6) is 0 Å². The third-order valence-corrected chi connectivity index (χ3v) is 4.32. The minimum atomic E-state index is -0.511. The first-order valence-corrected chi connectivity index (χ1v) is 6.89. The monoisotopic (exact) mass is 248 g/mol. The average Bonchev–Trinajstić information content (AvgIpc) is 2.39. The Morgan fingerprint density at radius 3 is 2.39 bits per heavy atom. The summed E-state index contributed by atoms with van der Waals surface area (Å²) in [7, 11) is 1.73. The predicted molar refractivity (Wildman–Crippen MR) is 73.7 cm³/mol. The fraction of sp³-hybridized carbons (Fsp3) is 0.625. The van der Waals surface area contributed by atoms with E-state index >= 15 is 0 Å². The maximum atomic E-state index is 10.7. The topological polar surface area (TPSA) is 29.5 Å². The number of rotatable bonds is 3. The number of benzene rings is 1. The van der Waals surface area contributed by atoms with Crippen LogP contribution in [0.25, 0.3) is 0 Å². The number of ether oxygens (including phenoxy) is 1. The van der Waals surface area contributed by atoms with Crippen molar-refractivity contribution in [3.05, 3.63) is 34.9 Å². The number of aliphatic hydroxyl groups is 1. The summed E-state index contributed by atoms with van der Waals surface area (Å²) >= 11 is 0. The zero-order valence-corrected chi connectivity index (χ0v) is 11.7. The molecule has 0 aromatic heterocycles. The van der Waals surface area contributed by atoms with Crippen molar-refractivity contribution in [1.82, 2.24) is 0 Å². The SMILES string of the molecule is COC1(C(O)c2ccc(C)cc2C)CCCCC1. The van der Waals surface area contributed by atoms with E-state index in [0.717, 1.165) is 36.8 Å². The van der Waals surface area contributed by atoms with Crippen molar-refractivity contribution >= 4 is 0 Å². The van der Waals surface area contributed by atoms with Crippen LogP contribution in [-0.4, -0.2) is 17.8 Å². The number of hydrogen-bond donors (Lipinski definition) is 1. The zero-order chi connectivity index (χ0) is 13.2. The highest BCUT2D eigenvalue weighted by molar-refractivity contribution is 5.33. The molecule has 1 aliphatic rings. The van der Waals surface area contributed by atoms with Crippen LogP contribution in [0, 0.1) is 13.8 Å². The molecule has 0 saturated heterocycles. The molecule has 0 radical (unpaired) electrons. The summed E-state index contributed by atoms with van der Waals surface area (Å²) in [6.45, 7) is 4.15. The molecule has 0 aliphatic heterocycles. The number of methoxy groups -OCH3 is 1. The summed E-state index contributed by atoms with van der Waals surface area (Å²) in [4.78, 5) is 0. The van der Waals surface area contributed by atoms with Crippen LogP contribution in [-0.2, 0) is 4.74 Å². The Hall–Kier alpha value is -0.860. The molecule has 1 N–H and O–H groups in total. The normalized spacial score (nSPS) is 20.7. The second-order valence-electron chi connectivity index (χ2n) is 5.59. The maximum absolute atomic E-state index is 10.7. The quantitative estimate of drug-likeness (QED) is 0.884. The van der Waals surface area contributed by atoms with E-state index in [0.29, 0.717) is 0 Å². The Kier molecular flexibility index (Phi) is 4.08. The number of aryl methyl sites for hydroxylation is 2. The molecule has 1 atom stereocenters. The molecule has 2 nitrogen and oxygen atoms in total. The van der Waals surface area contributed by atoms with Gasteiger partial charge >= 0.3 is 0 Å². The predicted octanol–water partition coefficient (Wildman–Crippen LogP) is 3.69. The molecule has 2 heteroatoms. The number of aliphatic hydroxyl groups excluding tert-OH is 1. The smallest absolute Gasteiger partial charge is 0.108 e. The summed E-state index contributed by atoms with van der Waals surface area (Å²) in [5.74, 6) is 0. The molecule has 1 aromatic carbocycles. The van der Waals surface area contributed by atoms with Gasteiger partial charge in [0.05, 0.1) is 5.60 Å². The van der Waals surface area contributed by atoms with E-state index in [1.165, 1.54) is 12.0 Å². The average molecular weight is 248 g/mol. The van der Waals surface area contributed by atoms with Crippen molar-refractivity contribution in [2.45, 2.75) is 57.7 Å². The second kappa shape index (κ2) is 5.41. The van der Waals surface area contributed by atoms with Crippen LogP contribution in [0.15, 0.2) is 18.2 Å². The summed E-state index contributed by atoms with van der Waals surface area (Å²) in [6, 6.07) is 6.24. The van der Waals surface area contributed by atoms with Crippen LogP contribution >= 0.6 is 0 Å². The molecule has 0 spiro atoms. The Morgan fingerprint density at radius 1 is 1.17 bits per heavy atom. The van der Waals surface area contributed by atoms with E-state index in [2.05, 4.69) is 26.0 Å². The van der Waals surface area contributed by atoms with Gasteiger partial charge in [-0.25, -0.2) is 0 Å². The summed E-state index contributed by atoms with van der Waals surface area (Å²) in [6.07, 6.45) is 4.95. The summed E-state index contributed by atoms with van der Waals surface area (Å²) in [5, 5.41) is 10.7. The van der Waals surface area contributed by atoms with Gasteiger partial charge in [-0.15, -0.1) is 0 Å². The van der Waals surface area contributed by atoms with Gasteiger partial charge in [0.1, 0.15) is 6.10 Å². The van der Waals surface area contributed by atoms with E-state index in [1.54, 1.807) is 7.11 Å². The van der Waals surface area contributed by atoms with E-state index in [-0.39, 0.29) is 5.60 Å². The lowest BCUT2D eigenvalue weighted by Gasteiger charge is -2.40. The van der Waals surface area contributed by atoms with Gasteiger partial charge in [0.2, 0.25) is 0 Å². The minimum absolute atomic E-state index is 0.377. The van der Waals surface area contributed by atoms with Crippen LogP contribution in [0.2, 0.25) is 0 Å². The van der Waals surface area contributed by atoms with Crippen LogP contribution < -0.4 is 0 Å². The van der Waals surface area contributed by atoms with Crippen molar-refractivity contribution < 1.29 is 9.84 Å². The third-order valence-electron chi connectivity index (χ3n) is 4.32. The maximum Gasteiger partial charge on any atom is 0.108 e. The van der Waals surface area contributed by atoms with Gasteiger partial charge in [0, 0.05) is 7.11 Å². The van der Waals surface area contributed by atoms with Gasteiger partial charge in [0.15, 0.2) is 0 Å². The molecule has 1 fully saturated rings. The lowest BCUT2D eigenvalue weighted by Crippen LogP contribution is -2.40. The highest BCUT2D eigenvalue weighted by Gasteiger charge is 2.40. The van der Waals surface area contributed by atoms with Crippen LogP contribution in [0.3, 0.4) is 0 Å². The van der Waals surface area contributed by atoms with Crippen LogP contribution in [0.1, 0.15) is 54.9 Å². The van der Waals surface area contributed by atoms with Crippen LogP contribution in [0.4, 0.5) is 0 Å². The standard InChI is InChI=1S/C16H24O2/c1-12-7-8-14(13(2)11-12)15(17)16(18-3)9-5-4-6-10-16/h7-8,11,15,17H,4-6,9-10H2,1-3H3. The van der Waals surface area contributed by atoms with E-state index in [9.17, 15) is 5.11 Å². The van der Waals surface area contributed by atoms with E-state index in [1.807, 2.05) is 6.07 Å².